The van der Waals surface area contributed by atoms with E-state index in [-0.39, 0.29) is 5.82 Å². The predicted molar refractivity (Wildman–Crippen MR) is 110 cm³/mol. The Morgan fingerprint density at radius 2 is 1.85 bits per heavy atom. The van der Waals surface area contributed by atoms with E-state index in [2.05, 4.69) is 33.8 Å². The molecule has 2 aromatic carbocycles. The van der Waals surface area contributed by atoms with Gasteiger partial charge in [0, 0.05) is 34.2 Å². The summed E-state index contributed by atoms with van der Waals surface area (Å²) in [5.74, 6) is 1.36. The molecule has 0 radical (unpaired) electrons. The van der Waals surface area contributed by atoms with E-state index in [1.165, 1.54) is 5.56 Å². The second kappa shape index (κ2) is 9.80. The zero-order chi connectivity index (χ0) is 19.8. The number of aliphatic imine (C=N–C) groups is 1. The standard InChI is InChI=1S/C21H29FN4O/c1-15-6-7-16(13-20(15)27-5)10-11-24-21(23-2)25-14-17-8-9-19(26(3)4)18(22)12-17/h6-9,12-13H,10-11,14H2,1-5H3,(H2,23,24,25). The summed E-state index contributed by atoms with van der Waals surface area (Å²) in [4.78, 5) is 5.98. The highest BCUT2D eigenvalue weighted by molar-refractivity contribution is 5.79. The van der Waals surface area contributed by atoms with Gasteiger partial charge in [-0.2, -0.15) is 0 Å². The molecule has 27 heavy (non-hydrogen) atoms. The third-order valence-corrected chi connectivity index (χ3v) is 4.36. The molecule has 0 saturated heterocycles. The molecule has 0 unspecified atom stereocenters. The molecule has 0 bridgehead atoms. The Morgan fingerprint density at radius 3 is 2.48 bits per heavy atom. The molecule has 0 amide bonds. The fourth-order valence-corrected chi connectivity index (χ4v) is 2.77. The average Bonchev–Trinajstić information content (AvgIpc) is 2.65. The molecule has 0 aliphatic heterocycles. The fourth-order valence-electron chi connectivity index (χ4n) is 2.77. The number of benzene rings is 2. The van der Waals surface area contributed by atoms with Gasteiger partial charge in [0.1, 0.15) is 11.6 Å². The monoisotopic (exact) mass is 372 g/mol. The van der Waals surface area contributed by atoms with Gasteiger partial charge in [-0.3, -0.25) is 4.99 Å². The molecule has 6 heteroatoms. The van der Waals surface area contributed by atoms with Gasteiger partial charge < -0.3 is 20.3 Å². The lowest BCUT2D eigenvalue weighted by Gasteiger charge is -2.15. The second-order valence-corrected chi connectivity index (χ2v) is 6.59. The number of methoxy groups -OCH3 is 1. The van der Waals surface area contributed by atoms with Crippen LogP contribution < -0.4 is 20.3 Å². The van der Waals surface area contributed by atoms with E-state index in [0.717, 1.165) is 29.8 Å². The Labute approximate surface area is 161 Å². The fraction of sp³-hybridized carbons (Fsp3) is 0.381. The maximum atomic E-state index is 14.1. The number of ether oxygens (including phenoxy) is 1. The molecule has 0 saturated carbocycles. The minimum Gasteiger partial charge on any atom is -0.496 e. The Morgan fingerprint density at radius 1 is 1.11 bits per heavy atom. The van der Waals surface area contributed by atoms with E-state index in [0.29, 0.717) is 18.2 Å². The van der Waals surface area contributed by atoms with E-state index in [4.69, 9.17) is 4.74 Å². The summed E-state index contributed by atoms with van der Waals surface area (Å²) in [5.41, 5.74) is 3.76. The molecule has 0 aromatic heterocycles. The van der Waals surface area contributed by atoms with Crippen LogP contribution in [0.2, 0.25) is 0 Å². The molecule has 146 valence electrons. The van der Waals surface area contributed by atoms with Crippen LogP contribution in [0, 0.1) is 12.7 Å². The van der Waals surface area contributed by atoms with Gasteiger partial charge in [-0.05, 0) is 48.2 Å². The van der Waals surface area contributed by atoms with Crippen molar-refractivity contribution in [2.45, 2.75) is 19.9 Å². The molecule has 0 aliphatic rings. The quantitative estimate of drug-likeness (QED) is 0.579. The first kappa shape index (κ1) is 20.6. The molecular weight excluding hydrogens is 343 g/mol. The van der Waals surface area contributed by atoms with Crippen molar-refractivity contribution in [3.05, 3.63) is 58.9 Å². The van der Waals surface area contributed by atoms with Crippen molar-refractivity contribution in [1.82, 2.24) is 10.6 Å². The maximum Gasteiger partial charge on any atom is 0.191 e. The first-order chi connectivity index (χ1) is 12.9. The number of hydrogen-bond acceptors (Lipinski definition) is 3. The summed E-state index contributed by atoms with van der Waals surface area (Å²) in [6.07, 6.45) is 0.851. The molecule has 2 N–H and O–H groups in total. The van der Waals surface area contributed by atoms with Gasteiger partial charge in [0.25, 0.3) is 0 Å². The topological polar surface area (TPSA) is 48.9 Å². The lowest BCUT2D eigenvalue weighted by atomic mass is 10.1. The van der Waals surface area contributed by atoms with Gasteiger partial charge in [-0.1, -0.05) is 18.2 Å². The Kier molecular flexibility index (Phi) is 7.46. The van der Waals surface area contributed by atoms with Gasteiger partial charge in [-0.25, -0.2) is 4.39 Å². The largest absolute Gasteiger partial charge is 0.496 e. The van der Waals surface area contributed by atoms with Crippen molar-refractivity contribution in [2.24, 2.45) is 4.99 Å². The van der Waals surface area contributed by atoms with Crippen molar-refractivity contribution < 1.29 is 9.13 Å². The molecule has 0 spiro atoms. The van der Waals surface area contributed by atoms with Crippen LogP contribution in [0.4, 0.5) is 10.1 Å². The molecule has 0 fully saturated rings. The second-order valence-electron chi connectivity index (χ2n) is 6.59. The highest BCUT2D eigenvalue weighted by Gasteiger charge is 2.06. The van der Waals surface area contributed by atoms with Crippen molar-refractivity contribution in [3.63, 3.8) is 0 Å². The third kappa shape index (κ3) is 5.88. The minimum atomic E-state index is -0.226. The van der Waals surface area contributed by atoms with Crippen LogP contribution in [0.15, 0.2) is 41.4 Å². The van der Waals surface area contributed by atoms with Gasteiger partial charge >= 0.3 is 0 Å². The first-order valence-corrected chi connectivity index (χ1v) is 8.98. The number of nitrogens with one attached hydrogen (secondary N) is 2. The summed E-state index contributed by atoms with van der Waals surface area (Å²) in [7, 11) is 7.06. The molecule has 2 aromatic rings. The van der Waals surface area contributed by atoms with Gasteiger partial charge in [-0.15, -0.1) is 0 Å². The SMILES string of the molecule is CN=C(NCCc1ccc(C)c(OC)c1)NCc1ccc(N(C)C)c(F)c1. The normalized spacial score (nSPS) is 11.3. The number of nitrogens with zero attached hydrogens (tertiary/aromatic N) is 2. The third-order valence-electron chi connectivity index (χ3n) is 4.36. The van der Waals surface area contributed by atoms with Crippen LogP contribution in [0.3, 0.4) is 0 Å². The van der Waals surface area contributed by atoms with Crippen molar-refractivity contribution in [3.8, 4) is 5.75 Å². The lowest BCUT2D eigenvalue weighted by molar-refractivity contribution is 0.411. The number of hydrogen-bond donors (Lipinski definition) is 2. The molecule has 0 aliphatic carbocycles. The van der Waals surface area contributed by atoms with Crippen LogP contribution in [0.5, 0.6) is 5.75 Å². The molecule has 2 rings (SSSR count). The van der Waals surface area contributed by atoms with Crippen molar-refractivity contribution >= 4 is 11.6 Å². The summed E-state index contributed by atoms with van der Waals surface area (Å²) < 4.78 is 19.4. The Bertz CT molecular complexity index is 790. The van der Waals surface area contributed by atoms with E-state index >= 15 is 0 Å². The van der Waals surface area contributed by atoms with Crippen LogP contribution in [0.1, 0.15) is 16.7 Å². The summed E-state index contributed by atoms with van der Waals surface area (Å²) in [6, 6.07) is 11.5. The molecule has 0 atom stereocenters. The van der Waals surface area contributed by atoms with Crippen LogP contribution >= 0.6 is 0 Å². The average molecular weight is 372 g/mol. The van der Waals surface area contributed by atoms with Crippen molar-refractivity contribution in [2.75, 3.05) is 39.7 Å². The minimum absolute atomic E-state index is 0.226. The summed E-state index contributed by atoms with van der Waals surface area (Å²) >= 11 is 0. The lowest BCUT2D eigenvalue weighted by Crippen LogP contribution is -2.37. The zero-order valence-electron chi connectivity index (χ0n) is 16.8. The van der Waals surface area contributed by atoms with E-state index in [1.807, 2.05) is 27.1 Å². The van der Waals surface area contributed by atoms with Crippen molar-refractivity contribution in [1.29, 1.82) is 0 Å². The van der Waals surface area contributed by atoms with E-state index in [1.54, 1.807) is 31.2 Å². The summed E-state index contributed by atoms with van der Waals surface area (Å²) in [5, 5.41) is 6.49. The maximum absolute atomic E-state index is 14.1. The zero-order valence-corrected chi connectivity index (χ0v) is 16.8. The number of rotatable bonds is 7. The van der Waals surface area contributed by atoms with Gasteiger partial charge in [0.15, 0.2) is 5.96 Å². The van der Waals surface area contributed by atoms with Crippen LogP contribution in [-0.4, -0.2) is 40.8 Å². The molecular formula is C21H29FN4O. The number of anilines is 1. The van der Waals surface area contributed by atoms with E-state index < -0.39 is 0 Å². The number of aryl methyl sites for hydroxylation is 1. The van der Waals surface area contributed by atoms with Gasteiger partial charge in [0.2, 0.25) is 0 Å². The van der Waals surface area contributed by atoms with Crippen LogP contribution in [0.25, 0.3) is 0 Å². The highest BCUT2D eigenvalue weighted by atomic mass is 19.1. The van der Waals surface area contributed by atoms with E-state index in [9.17, 15) is 4.39 Å². The smallest absolute Gasteiger partial charge is 0.191 e. The molecule has 0 heterocycles. The first-order valence-electron chi connectivity index (χ1n) is 8.98. The number of halogens is 1. The Hall–Kier alpha value is -2.76. The van der Waals surface area contributed by atoms with Crippen LogP contribution in [-0.2, 0) is 13.0 Å². The highest BCUT2D eigenvalue weighted by Crippen LogP contribution is 2.19. The predicted octanol–water partition coefficient (Wildman–Crippen LogP) is 3.12. The van der Waals surface area contributed by atoms with Gasteiger partial charge in [0.05, 0.1) is 12.8 Å². The Balaban J connectivity index is 1.85. The molecule has 5 nitrogen and oxygen atoms in total. The number of guanidine groups is 1. The summed E-state index contributed by atoms with van der Waals surface area (Å²) in [6.45, 7) is 3.27.